The van der Waals surface area contributed by atoms with Crippen LogP contribution in [0.15, 0.2) is 0 Å². The predicted octanol–water partition coefficient (Wildman–Crippen LogP) is 6.12. The standard InChI is InChI=1S/C11H14O4.C10H12O5.2C10H14O2.C9H12O3.C9H12O2.2C8H10O3/c1-4-5-3-6-8(7(5)10(12)14-2)11(13)15-9(4)6;1-3-6-4(9(11)13-2)5-8(14-6)7(3)15-10(5)12;1-10(2)5-3-6-7(4-5)9(11)12-8(6)10;1-5-6-3-7-8(4-6)12-9(11)10(5,7)2;1-9(2)5-3-4-6(11-5)7(9)12-8(4)10;1-4-5-2-6-7(3-5)9(10)11-8(4)6;2*1-3-5-2-4-7(10-5)6(3)11-8(4)9/h4-9H,3H2,1-2H3;3-8H,1-2H3;2*5-8H,3-4H2,1-2H3;4-7H,3H2,1-2H3;4-8H,2-3H2,1H3;2*3-7H,2H2,1H3. The van der Waals surface area contributed by atoms with Crippen molar-refractivity contribution in [1.29, 1.82) is 0 Å². The van der Waals surface area contributed by atoms with E-state index >= 15 is 0 Å². The Morgan fingerprint density at radius 3 is 1.45 bits per heavy atom. The van der Waals surface area contributed by atoms with Gasteiger partial charge in [0.2, 0.25) is 0 Å². The highest BCUT2D eigenvalue weighted by atomic mass is 16.6. The van der Waals surface area contributed by atoms with Crippen LogP contribution in [0.2, 0.25) is 0 Å². The largest absolute Gasteiger partial charge is 0.469 e. The molecule has 0 radical (unpaired) electrons. The van der Waals surface area contributed by atoms with E-state index in [1.54, 1.807) is 0 Å². The molecule has 16 saturated heterocycles. The molecular formula is C75H98O24. The highest BCUT2D eigenvalue weighted by Crippen LogP contribution is 2.66. The van der Waals surface area contributed by atoms with Gasteiger partial charge in [-0.3, -0.25) is 47.9 Å². The van der Waals surface area contributed by atoms with Crippen LogP contribution < -0.4 is 0 Å². The number of fused-ring (bicyclic) bond motifs is 8. The summed E-state index contributed by atoms with van der Waals surface area (Å²) >= 11 is 0. The molecule has 8 aliphatic carbocycles. The van der Waals surface area contributed by atoms with Crippen LogP contribution >= 0.6 is 0 Å². The van der Waals surface area contributed by atoms with Crippen molar-refractivity contribution in [2.45, 2.75) is 238 Å². The Bertz CT molecular complexity index is 3200. The molecule has 99 heavy (non-hydrogen) atoms. The molecule has 24 fully saturated rings. The lowest BCUT2D eigenvalue weighted by Gasteiger charge is -2.32. The molecule has 24 aliphatic rings. The fourth-order valence-electron chi connectivity index (χ4n) is 25.1. The number of esters is 10. The van der Waals surface area contributed by atoms with Gasteiger partial charge in [-0.25, -0.2) is 0 Å². The zero-order chi connectivity index (χ0) is 69.8. The number of hydrogen-bond donors (Lipinski definition) is 0. The molecular weight excluding hydrogens is 1280 g/mol. The maximum Gasteiger partial charge on any atom is 0.313 e. The van der Waals surface area contributed by atoms with E-state index in [0.29, 0.717) is 71.6 Å². The Hall–Kier alpha value is -5.46. The van der Waals surface area contributed by atoms with Gasteiger partial charge in [-0.15, -0.1) is 0 Å². The van der Waals surface area contributed by atoms with E-state index in [4.69, 9.17) is 66.3 Å². The third kappa shape index (κ3) is 9.37. The first-order valence-corrected chi connectivity index (χ1v) is 37.4. The highest BCUT2D eigenvalue weighted by Gasteiger charge is 2.73. The molecule has 0 amide bonds. The number of methoxy groups -OCH3 is 2. The molecule has 24 heteroatoms. The van der Waals surface area contributed by atoms with Crippen molar-refractivity contribution in [3.63, 3.8) is 0 Å². The Morgan fingerprint density at radius 2 is 0.899 bits per heavy atom. The molecule has 542 valence electrons. The molecule has 0 spiro atoms. The summed E-state index contributed by atoms with van der Waals surface area (Å²) in [5, 5.41) is 0. The van der Waals surface area contributed by atoms with E-state index in [0.717, 1.165) is 62.7 Å². The Kier molecular flexibility index (Phi) is 15.5. The van der Waals surface area contributed by atoms with Gasteiger partial charge in [0.1, 0.15) is 79.2 Å². The number of carbonyl (C=O) groups is 10. The summed E-state index contributed by atoms with van der Waals surface area (Å²) in [4.78, 5) is 114. The first-order valence-electron chi connectivity index (χ1n) is 37.4. The van der Waals surface area contributed by atoms with Gasteiger partial charge in [-0.1, -0.05) is 69.2 Å². The van der Waals surface area contributed by atoms with Crippen molar-refractivity contribution >= 4 is 59.7 Å². The van der Waals surface area contributed by atoms with E-state index in [9.17, 15) is 47.9 Å². The predicted molar refractivity (Wildman–Crippen MR) is 334 cm³/mol. The monoisotopic (exact) mass is 1380 g/mol. The van der Waals surface area contributed by atoms with Crippen LogP contribution in [0, 0.1) is 152 Å². The Labute approximate surface area is 576 Å². The van der Waals surface area contributed by atoms with Gasteiger partial charge in [0, 0.05) is 52.3 Å². The summed E-state index contributed by atoms with van der Waals surface area (Å²) < 4.78 is 74.3. The van der Waals surface area contributed by atoms with Crippen LogP contribution in [0.25, 0.3) is 0 Å². The molecule has 16 aliphatic heterocycles. The quantitative estimate of drug-likeness (QED) is 0.222. The SMILES string of the molecule is CC1(C)C2CC3C(=O)OC1C3C2.CC1(C)C2CC3C(=O)OC1C3O2.CC1C2CC3C(=O)OC1C3C2.CC1C2CC3C(=O)OC1C3O2.CC1C2CC3C(=O)OC1C3O2.CC1C2CC3OC(=O)C1(C)C3C2.COC(=O)C1C2CC3C(OC(=O)C31)C2C.COC(=O)C1C2OC3C(OC(=O)C31)C2C. The van der Waals surface area contributed by atoms with Gasteiger partial charge >= 0.3 is 59.7 Å². The van der Waals surface area contributed by atoms with Crippen molar-refractivity contribution in [2.24, 2.45) is 152 Å². The van der Waals surface area contributed by atoms with Gasteiger partial charge in [0.05, 0.1) is 91.4 Å². The van der Waals surface area contributed by atoms with Gasteiger partial charge < -0.3 is 66.3 Å². The molecule has 40 unspecified atom stereocenters. The zero-order valence-electron chi connectivity index (χ0n) is 58.9. The number of hydrogen-bond acceptors (Lipinski definition) is 24. The van der Waals surface area contributed by atoms with E-state index in [2.05, 4.69) is 69.2 Å². The molecule has 0 aromatic rings. The van der Waals surface area contributed by atoms with Crippen molar-refractivity contribution in [3.8, 4) is 0 Å². The summed E-state index contributed by atoms with van der Waals surface area (Å²) in [6.45, 7) is 23.5. The summed E-state index contributed by atoms with van der Waals surface area (Å²) in [5.41, 5.74) is 0.175. The first kappa shape index (κ1) is 66.8. The molecule has 24 nitrogen and oxygen atoms in total. The number of ether oxygens (including phenoxy) is 14. The number of carbonyl (C=O) groups excluding carboxylic acids is 10. The van der Waals surface area contributed by atoms with Crippen molar-refractivity contribution in [2.75, 3.05) is 14.2 Å². The fourth-order valence-corrected chi connectivity index (χ4v) is 25.1. The maximum absolute atomic E-state index is 11.7. The molecule has 16 bridgehead atoms. The van der Waals surface area contributed by atoms with E-state index in [1.165, 1.54) is 33.5 Å². The summed E-state index contributed by atoms with van der Waals surface area (Å²) in [6.07, 6.45) is 12.2. The van der Waals surface area contributed by atoms with Crippen LogP contribution in [0.3, 0.4) is 0 Å². The molecule has 40 atom stereocenters. The normalized spacial score (nSPS) is 55.1. The minimum absolute atomic E-state index is 0.0220. The van der Waals surface area contributed by atoms with Crippen molar-refractivity contribution in [3.05, 3.63) is 0 Å². The van der Waals surface area contributed by atoms with Crippen molar-refractivity contribution < 1.29 is 114 Å². The third-order valence-corrected chi connectivity index (χ3v) is 31.1. The summed E-state index contributed by atoms with van der Waals surface area (Å²) in [6, 6.07) is 0. The van der Waals surface area contributed by atoms with Gasteiger partial charge in [-0.2, -0.15) is 0 Å². The smallest absolute Gasteiger partial charge is 0.313 e. The van der Waals surface area contributed by atoms with Crippen LogP contribution in [-0.4, -0.2) is 172 Å². The van der Waals surface area contributed by atoms with Crippen LogP contribution in [0.5, 0.6) is 0 Å². The lowest BCUT2D eigenvalue weighted by molar-refractivity contribution is -0.153. The second-order valence-electron chi connectivity index (χ2n) is 35.6. The lowest BCUT2D eigenvalue weighted by atomic mass is 9.69. The Balaban J connectivity index is 0.0000000850. The summed E-state index contributed by atoms with van der Waals surface area (Å²) in [7, 11) is 2.72. The molecule has 0 N–H and O–H groups in total. The van der Waals surface area contributed by atoms with E-state index in [1.807, 2.05) is 6.92 Å². The highest BCUT2D eigenvalue weighted by molar-refractivity contribution is 5.87. The maximum atomic E-state index is 11.7. The van der Waals surface area contributed by atoms with Gasteiger partial charge in [0.15, 0.2) is 0 Å². The molecule has 24 rings (SSSR count). The van der Waals surface area contributed by atoms with E-state index in [-0.39, 0.29) is 209 Å². The molecule has 0 aromatic heterocycles. The van der Waals surface area contributed by atoms with Crippen LogP contribution in [-0.2, 0) is 114 Å². The Morgan fingerprint density at radius 1 is 0.364 bits per heavy atom. The zero-order valence-corrected chi connectivity index (χ0v) is 58.9. The average molecular weight is 1380 g/mol. The average Bonchev–Trinajstić information content (AvgIpc) is 1.55. The lowest BCUT2D eigenvalue weighted by Crippen LogP contribution is -2.41. The fraction of sp³-hybridized carbons (Fsp3) is 0.867. The first-order chi connectivity index (χ1) is 47.0. The minimum Gasteiger partial charge on any atom is -0.469 e. The van der Waals surface area contributed by atoms with E-state index < -0.39 is 11.8 Å². The van der Waals surface area contributed by atoms with Gasteiger partial charge in [0.25, 0.3) is 0 Å². The topological polar surface area (TPSA) is 300 Å². The molecule has 8 saturated carbocycles. The summed E-state index contributed by atoms with van der Waals surface area (Å²) in [5.74, 6) is 5.38. The van der Waals surface area contributed by atoms with Crippen LogP contribution in [0.4, 0.5) is 0 Å². The second-order valence-corrected chi connectivity index (χ2v) is 35.6. The second kappa shape index (κ2) is 23.0. The molecule has 0 aromatic carbocycles. The van der Waals surface area contributed by atoms with Gasteiger partial charge in [-0.05, 0) is 113 Å². The van der Waals surface area contributed by atoms with Crippen LogP contribution in [0.1, 0.15) is 140 Å². The molecule has 16 heterocycles. The third-order valence-electron chi connectivity index (χ3n) is 31.1. The minimum atomic E-state index is -0.471. The van der Waals surface area contributed by atoms with Crippen molar-refractivity contribution in [1.82, 2.24) is 0 Å². The number of rotatable bonds is 2.